The number of pyridine rings is 1. The number of fused-ring (bicyclic) bond motifs is 5. The van der Waals surface area contributed by atoms with Crippen molar-refractivity contribution >= 4 is 21.7 Å². The van der Waals surface area contributed by atoms with Crippen molar-refractivity contribution in [2.75, 3.05) is 0 Å². The van der Waals surface area contributed by atoms with Crippen molar-refractivity contribution in [2.45, 2.75) is 25.7 Å². The molecule has 0 radical (unpaired) electrons. The average Bonchev–Trinajstić information content (AvgIpc) is 2.79. The Kier molecular flexibility index (Phi) is 2.41. The zero-order valence-electron chi connectivity index (χ0n) is 10.2. The lowest BCUT2D eigenvalue weighted by Gasteiger charge is -2.07. The topological polar surface area (TPSA) is 30.0 Å². The highest BCUT2D eigenvalue weighted by molar-refractivity contribution is 9.10. The number of halogens is 1. The minimum atomic E-state index is 0.398. The third kappa shape index (κ3) is 1.59. The van der Waals surface area contributed by atoms with Crippen LogP contribution in [0.15, 0.2) is 22.9 Å². The zero-order valence-corrected chi connectivity index (χ0v) is 11.8. The van der Waals surface area contributed by atoms with E-state index >= 15 is 0 Å². The van der Waals surface area contributed by atoms with Gasteiger partial charge in [0.15, 0.2) is 0 Å². The number of carbonyl (C=O) groups excluding carboxylic acids is 1. The third-order valence-corrected chi connectivity index (χ3v) is 5.68. The quantitative estimate of drug-likeness (QED) is 0.858. The summed E-state index contributed by atoms with van der Waals surface area (Å²) in [5, 5.41) is 0. The van der Waals surface area contributed by atoms with Gasteiger partial charge < -0.3 is 0 Å². The van der Waals surface area contributed by atoms with E-state index in [1.165, 1.54) is 19.3 Å². The molecule has 3 saturated carbocycles. The van der Waals surface area contributed by atoms with E-state index in [-0.39, 0.29) is 0 Å². The lowest BCUT2D eigenvalue weighted by atomic mass is 9.97. The van der Waals surface area contributed by atoms with Crippen LogP contribution in [0, 0.1) is 29.6 Å². The molecule has 2 bridgehead atoms. The van der Waals surface area contributed by atoms with Crippen LogP contribution in [0.2, 0.25) is 0 Å². The second-order valence-corrected chi connectivity index (χ2v) is 7.08. The molecule has 4 rings (SSSR count). The fraction of sp³-hybridized carbons (Fsp3) is 0.600. The maximum Gasteiger partial charge on any atom is 0.140 e. The molecule has 94 valence electrons. The molecule has 3 heteroatoms. The van der Waals surface area contributed by atoms with Gasteiger partial charge in [-0.2, -0.15) is 0 Å². The molecule has 0 N–H and O–H groups in total. The van der Waals surface area contributed by atoms with Crippen LogP contribution < -0.4 is 0 Å². The highest BCUT2D eigenvalue weighted by atomic mass is 79.9. The molecule has 1 aromatic rings. The summed E-state index contributed by atoms with van der Waals surface area (Å²) in [6.45, 7) is 0. The molecule has 2 nitrogen and oxygen atoms in total. The molecule has 0 amide bonds. The Hall–Kier alpha value is -0.700. The maximum absolute atomic E-state index is 12.4. The van der Waals surface area contributed by atoms with E-state index in [4.69, 9.17) is 0 Å². The van der Waals surface area contributed by atoms with Crippen LogP contribution in [-0.2, 0) is 11.2 Å². The molecule has 0 spiro atoms. The number of Topliss-reactive ketones (excluding diaryl/α,β-unsaturated/α-hetero) is 1. The van der Waals surface area contributed by atoms with Crippen LogP contribution in [-0.4, -0.2) is 10.8 Å². The van der Waals surface area contributed by atoms with E-state index in [9.17, 15) is 4.79 Å². The molecule has 1 aromatic heterocycles. The van der Waals surface area contributed by atoms with Crippen molar-refractivity contribution in [1.82, 2.24) is 4.98 Å². The lowest BCUT2D eigenvalue weighted by molar-refractivity contribution is -0.120. The van der Waals surface area contributed by atoms with E-state index in [2.05, 4.69) is 20.9 Å². The molecule has 0 aliphatic heterocycles. The first-order valence-electron chi connectivity index (χ1n) is 6.86. The molecule has 3 aliphatic rings. The first-order chi connectivity index (χ1) is 8.74. The summed E-state index contributed by atoms with van der Waals surface area (Å²) in [5.41, 5.74) is 1.05. The number of rotatable bonds is 3. The van der Waals surface area contributed by atoms with Crippen molar-refractivity contribution in [2.24, 2.45) is 29.6 Å². The molecule has 0 aromatic carbocycles. The highest BCUT2D eigenvalue weighted by Gasteiger charge is 2.66. The fourth-order valence-electron chi connectivity index (χ4n) is 4.63. The molecular weight excluding hydrogens is 290 g/mol. The van der Waals surface area contributed by atoms with Gasteiger partial charge in [0, 0.05) is 29.2 Å². The van der Waals surface area contributed by atoms with Crippen LogP contribution >= 0.6 is 15.9 Å². The molecule has 0 saturated heterocycles. The largest absolute Gasteiger partial charge is 0.299 e. The van der Waals surface area contributed by atoms with Crippen LogP contribution in [0.4, 0.5) is 0 Å². The van der Waals surface area contributed by atoms with E-state index in [1.807, 2.05) is 12.3 Å². The summed E-state index contributed by atoms with van der Waals surface area (Å²) in [4.78, 5) is 16.5. The van der Waals surface area contributed by atoms with Crippen molar-refractivity contribution in [1.29, 1.82) is 0 Å². The van der Waals surface area contributed by atoms with Crippen LogP contribution in [0.3, 0.4) is 0 Å². The van der Waals surface area contributed by atoms with E-state index in [0.29, 0.717) is 18.1 Å². The lowest BCUT2D eigenvalue weighted by Crippen LogP contribution is -2.12. The number of aromatic nitrogens is 1. The Morgan fingerprint density at radius 2 is 2.00 bits per heavy atom. The summed E-state index contributed by atoms with van der Waals surface area (Å²) in [7, 11) is 0. The van der Waals surface area contributed by atoms with Crippen molar-refractivity contribution in [3.05, 3.63) is 28.5 Å². The molecular formula is C15H16BrNO. The molecule has 3 fully saturated rings. The van der Waals surface area contributed by atoms with E-state index < -0.39 is 0 Å². The van der Waals surface area contributed by atoms with Gasteiger partial charge in [-0.15, -0.1) is 0 Å². The zero-order chi connectivity index (χ0) is 12.3. The van der Waals surface area contributed by atoms with E-state index in [1.54, 1.807) is 6.20 Å². The van der Waals surface area contributed by atoms with Crippen molar-refractivity contribution in [3.8, 4) is 0 Å². The standard InChI is InChI=1S/C15H16BrNO/c16-11-3-8(6-17-7-11)4-12(18)15-13-9-1-2-10(5-9)14(13)15/h3,6-7,9-10,13-15H,1-2,4-5H2. The number of hydrogen-bond donors (Lipinski definition) is 0. The van der Waals surface area contributed by atoms with Gasteiger partial charge in [-0.3, -0.25) is 9.78 Å². The Morgan fingerprint density at radius 1 is 1.28 bits per heavy atom. The van der Waals surface area contributed by atoms with Crippen LogP contribution in [0.1, 0.15) is 24.8 Å². The van der Waals surface area contributed by atoms with Gasteiger partial charge in [0.1, 0.15) is 5.78 Å². The Balaban J connectivity index is 1.47. The van der Waals surface area contributed by atoms with E-state index in [0.717, 1.165) is 33.7 Å². The predicted molar refractivity (Wildman–Crippen MR) is 71.9 cm³/mol. The maximum atomic E-state index is 12.4. The second-order valence-electron chi connectivity index (χ2n) is 6.17. The van der Waals surface area contributed by atoms with Gasteiger partial charge in [0.25, 0.3) is 0 Å². The molecule has 4 unspecified atom stereocenters. The Morgan fingerprint density at radius 3 is 2.67 bits per heavy atom. The summed E-state index contributed by atoms with van der Waals surface area (Å²) in [6.07, 6.45) is 8.33. The number of nitrogens with zero attached hydrogens (tertiary/aromatic N) is 1. The van der Waals surface area contributed by atoms with Crippen LogP contribution in [0.5, 0.6) is 0 Å². The molecule has 18 heavy (non-hydrogen) atoms. The first kappa shape index (κ1) is 11.2. The Bertz CT molecular complexity index is 499. The number of ketones is 1. The normalized spacial score (nSPS) is 39.7. The molecule has 1 heterocycles. The highest BCUT2D eigenvalue weighted by Crippen LogP contribution is 2.69. The summed E-state index contributed by atoms with van der Waals surface area (Å²) in [6, 6.07) is 2.01. The fourth-order valence-corrected chi connectivity index (χ4v) is 5.04. The van der Waals surface area contributed by atoms with Crippen molar-refractivity contribution < 1.29 is 4.79 Å². The predicted octanol–water partition coefficient (Wildman–Crippen LogP) is 3.25. The monoisotopic (exact) mass is 305 g/mol. The second kappa shape index (κ2) is 3.89. The SMILES string of the molecule is O=C(Cc1cncc(Br)c1)C1C2C3CCC(C3)C12. The summed E-state index contributed by atoms with van der Waals surface area (Å²) < 4.78 is 0.962. The van der Waals surface area contributed by atoms with Crippen LogP contribution in [0.25, 0.3) is 0 Å². The van der Waals surface area contributed by atoms with Gasteiger partial charge in [0.2, 0.25) is 0 Å². The molecule has 3 aliphatic carbocycles. The van der Waals surface area contributed by atoms with Gasteiger partial charge in [-0.25, -0.2) is 0 Å². The number of carbonyl (C=O) groups is 1. The molecule has 4 atom stereocenters. The Labute approximate surface area is 115 Å². The van der Waals surface area contributed by atoms with Gasteiger partial charge >= 0.3 is 0 Å². The summed E-state index contributed by atoms with van der Waals surface area (Å²) >= 11 is 3.41. The third-order valence-electron chi connectivity index (χ3n) is 5.25. The van der Waals surface area contributed by atoms with Crippen molar-refractivity contribution in [3.63, 3.8) is 0 Å². The first-order valence-corrected chi connectivity index (χ1v) is 7.65. The van der Waals surface area contributed by atoms with Gasteiger partial charge in [-0.1, -0.05) is 0 Å². The van der Waals surface area contributed by atoms with Gasteiger partial charge in [0.05, 0.1) is 0 Å². The smallest absolute Gasteiger partial charge is 0.140 e. The minimum Gasteiger partial charge on any atom is -0.299 e. The summed E-state index contributed by atoms with van der Waals surface area (Å²) in [5.74, 6) is 4.15. The number of hydrogen-bond acceptors (Lipinski definition) is 2. The minimum absolute atomic E-state index is 0.398. The van der Waals surface area contributed by atoms with Gasteiger partial charge in [-0.05, 0) is 70.5 Å². The average molecular weight is 306 g/mol.